The number of rotatable bonds is 6. The normalized spacial score (nSPS) is 10.6. The van der Waals surface area contributed by atoms with Crippen molar-refractivity contribution < 1.29 is 4.84 Å². The highest BCUT2D eigenvalue weighted by molar-refractivity contribution is 5.06. The first-order chi connectivity index (χ1) is 6.38. The third-order valence-electron chi connectivity index (χ3n) is 1.89. The fraction of sp³-hybridized carbons (Fsp3) is 0.600. The van der Waals surface area contributed by atoms with Crippen molar-refractivity contribution in [3.05, 3.63) is 24.0 Å². The molecule has 0 atom stereocenters. The second-order valence-electron chi connectivity index (χ2n) is 2.95. The van der Waals surface area contributed by atoms with Crippen LogP contribution < -0.4 is 5.48 Å². The molecule has 0 aliphatic heterocycles. The van der Waals surface area contributed by atoms with Crippen LogP contribution in [-0.2, 0) is 17.9 Å². The molecule has 3 nitrogen and oxygen atoms in total. The lowest BCUT2D eigenvalue weighted by Gasteiger charge is -2.08. The molecule has 0 aliphatic carbocycles. The molecule has 0 saturated carbocycles. The van der Waals surface area contributed by atoms with Crippen LogP contribution in [0.5, 0.6) is 0 Å². The fourth-order valence-corrected chi connectivity index (χ4v) is 1.30. The molecular formula is C10H18N2O. The second kappa shape index (κ2) is 5.78. The Morgan fingerprint density at radius 2 is 2.31 bits per heavy atom. The van der Waals surface area contributed by atoms with Crippen LogP contribution in [0.1, 0.15) is 26.0 Å². The van der Waals surface area contributed by atoms with Gasteiger partial charge in [-0.05, 0) is 25.5 Å². The zero-order valence-corrected chi connectivity index (χ0v) is 8.42. The average Bonchev–Trinajstić information content (AvgIpc) is 2.54. The zero-order valence-electron chi connectivity index (χ0n) is 8.42. The van der Waals surface area contributed by atoms with E-state index in [2.05, 4.69) is 35.3 Å². The number of hydroxylamine groups is 1. The molecule has 13 heavy (non-hydrogen) atoms. The molecule has 74 valence electrons. The molecule has 1 heterocycles. The van der Waals surface area contributed by atoms with Gasteiger partial charge in [-0.3, -0.25) is 0 Å². The van der Waals surface area contributed by atoms with E-state index in [1.54, 1.807) is 0 Å². The highest BCUT2D eigenvalue weighted by Crippen LogP contribution is 2.02. The molecule has 0 fully saturated rings. The van der Waals surface area contributed by atoms with Gasteiger partial charge in [-0.25, -0.2) is 0 Å². The summed E-state index contributed by atoms with van der Waals surface area (Å²) in [5.41, 5.74) is 4.19. The second-order valence-corrected chi connectivity index (χ2v) is 2.95. The quantitative estimate of drug-likeness (QED) is 0.537. The van der Waals surface area contributed by atoms with Gasteiger partial charge in [0.25, 0.3) is 0 Å². The zero-order chi connectivity index (χ0) is 9.52. The van der Waals surface area contributed by atoms with Crippen molar-refractivity contribution in [2.75, 3.05) is 6.61 Å². The van der Waals surface area contributed by atoms with Crippen LogP contribution in [0, 0.1) is 0 Å². The highest BCUT2D eigenvalue weighted by atomic mass is 16.6. The largest absolute Gasteiger partial charge is 0.350 e. The standard InChI is InChI=1S/C10H18N2O/c1-3-7-12-8-5-6-10(12)9-11-13-4-2/h5-6,8,11H,3-4,7,9H2,1-2H3. The summed E-state index contributed by atoms with van der Waals surface area (Å²) in [6, 6.07) is 4.18. The van der Waals surface area contributed by atoms with E-state index in [4.69, 9.17) is 4.84 Å². The van der Waals surface area contributed by atoms with E-state index < -0.39 is 0 Å². The van der Waals surface area contributed by atoms with E-state index in [-0.39, 0.29) is 0 Å². The van der Waals surface area contributed by atoms with Crippen molar-refractivity contribution in [2.45, 2.75) is 33.4 Å². The number of aromatic nitrogens is 1. The van der Waals surface area contributed by atoms with Crippen LogP contribution >= 0.6 is 0 Å². The first-order valence-electron chi connectivity index (χ1n) is 4.87. The molecule has 0 aromatic carbocycles. The summed E-state index contributed by atoms with van der Waals surface area (Å²) >= 11 is 0. The minimum absolute atomic E-state index is 0.703. The van der Waals surface area contributed by atoms with Gasteiger partial charge >= 0.3 is 0 Å². The van der Waals surface area contributed by atoms with Crippen LogP contribution in [0.3, 0.4) is 0 Å². The van der Waals surface area contributed by atoms with Gasteiger partial charge in [-0.2, -0.15) is 5.48 Å². The monoisotopic (exact) mass is 182 g/mol. The van der Waals surface area contributed by atoms with E-state index in [0.717, 1.165) is 19.5 Å². The van der Waals surface area contributed by atoms with Crippen molar-refractivity contribution in [3.8, 4) is 0 Å². The van der Waals surface area contributed by atoms with Crippen molar-refractivity contribution in [2.24, 2.45) is 0 Å². The molecule has 0 aliphatic rings. The van der Waals surface area contributed by atoms with E-state index in [1.807, 2.05) is 6.92 Å². The van der Waals surface area contributed by atoms with Gasteiger partial charge in [-0.1, -0.05) is 6.92 Å². The maximum atomic E-state index is 5.08. The topological polar surface area (TPSA) is 26.2 Å². The Bertz CT molecular complexity index is 233. The van der Waals surface area contributed by atoms with Gasteiger partial charge in [0.1, 0.15) is 0 Å². The van der Waals surface area contributed by atoms with E-state index >= 15 is 0 Å². The lowest BCUT2D eigenvalue weighted by atomic mass is 10.4. The summed E-state index contributed by atoms with van der Waals surface area (Å²) in [6.07, 6.45) is 3.27. The number of nitrogens with one attached hydrogen (secondary N) is 1. The number of hydrogen-bond acceptors (Lipinski definition) is 2. The molecule has 0 amide bonds. The minimum atomic E-state index is 0.703. The van der Waals surface area contributed by atoms with Crippen molar-refractivity contribution >= 4 is 0 Å². The Morgan fingerprint density at radius 1 is 1.46 bits per heavy atom. The van der Waals surface area contributed by atoms with Crippen molar-refractivity contribution in [3.63, 3.8) is 0 Å². The van der Waals surface area contributed by atoms with E-state index in [0.29, 0.717) is 6.61 Å². The number of nitrogens with zero attached hydrogens (tertiary/aromatic N) is 1. The summed E-state index contributed by atoms with van der Waals surface area (Å²) in [5, 5.41) is 0. The van der Waals surface area contributed by atoms with Gasteiger partial charge < -0.3 is 9.40 Å². The van der Waals surface area contributed by atoms with Crippen LogP contribution in [0.25, 0.3) is 0 Å². The summed E-state index contributed by atoms with van der Waals surface area (Å²) in [4.78, 5) is 5.08. The van der Waals surface area contributed by atoms with Gasteiger partial charge in [0.2, 0.25) is 0 Å². The van der Waals surface area contributed by atoms with Crippen LogP contribution in [-0.4, -0.2) is 11.2 Å². The lowest BCUT2D eigenvalue weighted by molar-refractivity contribution is 0.0450. The molecule has 0 bridgehead atoms. The van der Waals surface area contributed by atoms with Gasteiger partial charge in [-0.15, -0.1) is 0 Å². The Kier molecular flexibility index (Phi) is 4.57. The Morgan fingerprint density at radius 3 is 3.00 bits per heavy atom. The fourth-order valence-electron chi connectivity index (χ4n) is 1.30. The molecule has 1 N–H and O–H groups in total. The first kappa shape index (κ1) is 10.3. The number of aryl methyl sites for hydroxylation is 1. The van der Waals surface area contributed by atoms with Gasteiger partial charge in [0.15, 0.2) is 0 Å². The predicted octanol–water partition coefficient (Wildman–Crippen LogP) is 1.94. The summed E-state index contributed by atoms with van der Waals surface area (Å²) in [5.74, 6) is 0. The summed E-state index contributed by atoms with van der Waals surface area (Å²) in [7, 11) is 0. The Hall–Kier alpha value is -0.800. The summed E-state index contributed by atoms with van der Waals surface area (Å²) in [6.45, 7) is 6.71. The third-order valence-corrected chi connectivity index (χ3v) is 1.89. The molecule has 1 aromatic rings. The maximum absolute atomic E-state index is 5.08. The first-order valence-corrected chi connectivity index (χ1v) is 4.87. The minimum Gasteiger partial charge on any atom is -0.350 e. The lowest BCUT2D eigenvalue weighted by Crippen LogP contribution is -2.16. The smallest absolute Gasteiger partial charge is 0.0654 e. The van der Waals surface area contributed by atoms with Crippen LogP contribution in [0.2, 0.25) is 0 Å². The molecule has 3 heteroatoms. The van der Waals surface area contributed by atoms with Crippen molar-refractivity contribution in [1.82, 2.24) is 10.0 Å². The molecule has 1 aromatic heterocycles. The third kappa shape index (κ3) is 3.20. The molecule has 0 spiro atoms. The predicted molar refractivity (Wildman–Crippen MR) is 53.2 cm³/mol. The van der Waals surface area contributed by atoms with Crippen LogP contribution in [0.4, 0.5) is 0 Å². The maximum Gasteiger partial charge on any atom is 0.0654 e. The summed E-state index contributed by atoms with van der Waals surface area (Å²) < 4.78 is 2.24. The molecule has 0 saturated heterocycles. The van der Waals surface area contributed by atoms with Gasteiger partial charge in [0.05, 0.1) is 13.2 Å². The van der Waals surface area contributed by atoms with E-state index in [9.17, 15) is 0 Å². The molecule has 1 rings (SSSR count). The molecular weight excluding hydrogens is 164 g/mol. The average molecular weight is 182 g/mol. The van der Waals surface area contributed by atoms with Gasteiger partial charge in [0, 0.05) is 18.4 Å². The van der Waals surface area contributed by atoms with Crippen molar-refractivity contribution in [1.29, 1.82) is 0 Å². The highest BCUT2D eigenvalue weighted by Gasteiger charge is 1.98. The van der Waals surface area contributed by atoms with Crippen LogP contribution in [0.15, 0.2) is 18.3 Å². The molecule has 0 radical (unpaired) electrons. The SMILES string of the molecule is CCCn1cccc1CNOCC. The molecule has 0 unspecified atom stereocenters. The van der Waals surface area contributed by atoms with E-state index in [1.165, 1.54) is 5.69 Å². The Balaban J connectivity index is 2.40. The Labute approximate surface area is 79.7 Å². The number of hydrogen-bond donors (Lipinski definition) is 1.